The van der Waals surface area contributed by atoms with Gasteiger partial charge >= 0.3 is 0 Å². The highest BCUT2D eigenvalue weighted by molar-refractivity contribution is 9.10. The highest BCUT2D eigenvalue weighted by atomic mass is 79.9. The van der Waals surface area contributed by atoms with Crippen LogP contribution in [-0.2, 0) is 10.0 Å². The second-order valence-electron chi connectivity index (χ2n) is 4.57. The topological polar surface area (TPSA) is 66.6 Å². The maximum Gasteiger partial charge on any atom is 0.245 e. The third kappa shape index (κ3) is 3.15. The highest BCUT2D eigenvalue weighted by Crippen LogP contribution is 2.26. The van der Waals surface area contributed by atoms with Gasteiger partial charge in [0.05, 0.1) is 12.2 Å². The number of hydrogen-bond donors (Lipinski definition) is 1. The van der Waals surface area contributed by atoms with Crippen LogP contribution in [0.2, 0.25) is 0 Å². The summed E-state index contributed by atoms with van der Waals surface area (Å²) in [7, 11) is -3.55. The Kier molecular flexibility index (Phi) is 4.70. The van der Waals surface area contributed by atoms with Crippen molar-refractivity contribution in [3.63, 3.8) is 0 Å². The van der Waals surface area contributed by atoms with Gasteiger partial charge in [-0.2, -0.15) is 4.31 Å². The lowest BCUT2D eigenvalue weighted by atomic mass is 10.3. The number of halogens is 1. The number of rotatable bonds is 3. The minimum absolute atomic E-state index is 0.150. The van der Waals surface area contributed by atoms with Crippen LogP contribution >= 0.6 is 15.9 Å². The third-order valence-electron chi connectivity index (χ3n) is 3.24. The predicted octanol–water partition coefficient (Wildman–Crippen LogP) is 0.971. The van der Waals surface area contributed by atoms with Crippen molar-refractivity contribution >= 4 is 31.6 Å². The van der Waals surface area contributed by atoms with Crippen molar-refractivity contribution in [2.24, 2.45) is 0 Å². The Balaban J connectivity index is 2.20. The number of nitrogens with two attached hydrogens (primary N) is 1. The summed E-state index contributed by atoms with van der Waals surface area (Å²) in [5.41, 5.74) is 6.06. The standard InChI is InChI=1S/C13H16BrN3O2S/c1-2-5-16-6-8-17(9-7-16)20(18,19)13-10-11(14)3-4-12(13)15/h1,3-4,10H,5-9,15H2. The highest BCUT2D eigenvalue weighted by Gasteiger charge is 2.29. The van der Waals surface area contributed by atoms with E-state index in [1.807, 2.05) is 0 Å². The second-order valence-corrected chi connectivity index (χ2v) is 7.39. The summed E-state index contributed by atoms with van der Waals surface area (Å²) < 4.78 is 27.3. The van der Waals surface area contributed by atoms with Crippen LogP contribution in [0.15, 0.2) is 27.6 Å². The molecule has 1 fully saturated rings. The first-order valence-corrected chi connectivity index (χ1v) is 8.39. The molecule has 1 aliphatic rings. The van der Waals surface area contributed by atoms with Crippen molar-refractivity contribution in [1.82, 2.24) is 9.21 Å². The molecule has 1 saturated heterocycles. The van der Waals surface area contributed by atoms with E-state index in [-0.39, 0.29) is 10.6 Å². The fourth-order valence-electron chi connectivity index (χ4n) is 2.13. The van der Waals surface area contributed by atoms with Crippen molar-refractivity contribution in [2.45, 2.75) is 4.90 Å². The van der Waals surface area contributed by atoms with E-state index in [2.05, 4.69) is 26.8 Å². The van der Waals surface area contributed by atoms with E-state index >= 15 is 0 Å². The molecular weight excluding hydrogens is 342 g/mol. The lowest BCUT2D eigenvalue weighted by molar-refractivity contribution is 0.207. The molecule has 1 heterocycles. The van der Waals surface area contributed by atoms with E-state index in [9.17, 15) is 8.42 Å². The van der Waals surface area contributed by atoms with Crippen LogP contribution in [0.1, 0.15) is 0 Å². The van der Waals surface area contributed by atoms with Gasteiger partial charge < -0.3 is 5.73 Å². The molecule has 0 spiro atoms. The fourth-order valence-corrected chi connectivity index (χ4v) is 4.20. The van der Waals surface area contributed by atoms with Crippen molar-refractivity contribution in [2.75, 3.05) is 38.5 Å². The van der Waals surface area contributed by atoms with Crippen LogP contribution < -0.4 is 5.73 Å². The molecule has 0 radical (unpaired) electrons. The normalized spacial score (nSPS) is 17.8. The lowest BCUT2D eigenvalue weighted by Crippen LogP contribution is -2.48. The van der Waals surface area contributed by atoms with Gasteiger partial charge in [-0.05, 0) is 18.2 Å². The van der Waals surface area contributed by atoms with E-state index in [1.54, 1.807) is 18.2 Å². The molecule has 0 bridgehead atoms. The summed E-state index contributed by atoms with van der Waals surface area (Å²) in [4.78, 5) is 2.20. The van der Waals surface area contributed by atoms with E-state index in [4.69, 9.17) is 12.2 Å². The van der Waals surface area contributed by atoms with Gasteiger partial charge in [-0.1, -0.05) is 21.9 Å². The monoisotopic (exact) mass is 357 g/mol. The summed E-state index contributed by atoms with van der Waals surface area (Å²) in [6.45, 7) is 2.67. The Hall–Kier alpha value is -1.07. The first-order chi connectivity index (χ1) is 9.45. The molecule has 20 heavy (non-hydrogen) atoms. The van der Waals surface area contributed by atoms with Gasteiger partial charge in [0.1, 0.15) is 4.90 Å². The Morgan fingerprint density at radius 3 is 2.55 bits per heavy atom. The van der Waals surface area contributed by atoms with E-state index in [0.717, 1.165) is 0 Å². The number of benzene rings is 1. The molecule has 108 valence electrons. The maximum absolute atomic E-state index is 12.6. The van der Waals surface area contributed by atoms with Gasteiger partial charge in [0.25, 0.3) is 0 Å². The number of hydrogen-bond acceptors (Lipinski definition) is 4. The molecule has 2 N–H and O–H groups in total. The molecule has 0 atom stereocenters. The Labute approximate surface area is 127 Å². The molecule has 0 amide bonds. The molecule has 7 heteroatoms. The number of sulfonamides is 1. The van der Waals surface area contributed by atoms with Gasteiger partial charge in [-0.25, -0.2) is 8.42 Å². The average molecular weight is 358 g/mol. The maximum atomic E-state index is 12.6. The molecule has 0 aliphatic carbocycles. The molecule has 0 saturated carbocycles. The van der Waals surface area contributed by atoms with E-state index in [1.165, 1.54) is 4.31 Å². The van der Waals surface area contributed by atoms with Gasteiger partial charge in [-0.15, -0.1) is 6.42 Å². The Bertz CT molecular complexity index is 632. The van der Waals surface area contributed by atoms with Crippen molar-refractivity contribution < 1.29 is 8.42 Å². The molecule has 5 nitrogen and oxygen atoms in total. The number of piperazine rings is 1. The van der Waals surface area contributed by atoms with Crippen LogP contribution in [0.25, 0.3) is 0 Å². The summed E-state index contributed by atoms with van der Waals surface area (Å²) in [6.07, 6.45) is 5.26. The van der Waals surface area contributed by atoms with Crippen LogP contribution in [-0.4, -0.2) is 50.3 Å². The van der Waals surface area contributed by atoms with E-state index in [0.29, 0.717) is 37.2 Å². The van der Waals surface area contributed by atoms with Gasteiger partial charge in [-0.3, -0.25) is 4.90 Å². The smallest absolute Gasteiger partial charge is 0.245 e. The zero-order valence-corrected chi connectivity index (χ0v) is 13.3. The van der Waals surface area contributed by atoms with Crippen molar-refractivity contribution in [1.29, 1.82) is 0 Å². The zero-order valence-electron chi connectivity index (χ0n) is 10.9. The number of nitrogen functional groups attached to an aromatic ring is 1. The molecule has 1 aromatic rings. The molecule has 0 aromatic heterocycles. The molecule has 0 unspecified atom stereocenters. The average Bonchev–Trinajstić information content (AvgIpc) is 2.42. The summed E-state index contributed by atoms with van der Waals surface area (Å²) in [5.74, 6) is 2.57. The van der Waals surface area contributed by atoms with Crippen LogP contribution in [0.4, 0.5) is 5.69 Å². The van der Waals surface area contributed by atoms with Gasteiger partial charge in [0.15, 0.2) is 0 Å². The predicted molar refractivity (Wildman–Crippen MR) is 82.6 cm³/mol. The second kappa shape index (κ2) is 6.14. The van der Waals surface area contributed by atoms with Crippen molar-refractivity contribution in [3.8, 4) is 12.3 Å². The van der Waals surface area contributed by atoms with Crippen molar-refractivity contribution in [3.05, 3.63) is 22.7 Å². The van der Waals surface area contributed by atoms with Crippen LogP contribution in [0.3, 0.4) is 0 Å². The molecule has 1 aliphatic heterocycles. The minimum atomic E-state index is -3.55. The number of anilines is 1. The van der Waals surface area contributed by atoms with Crippen LogP contribution in [0.5, 0.6) is 0 Å². The molecular formula is C13H16BrN3O2S. The van der Waals surface area contributed by atoms with Gasteiger partial charge in [0.2, 0.25) is 10.0 Å². The zero-order chi connectivity index (χ0) is 14.8. The Morgan fingerprint density at radius 1 is 1.30 bits per heavy atom. The molecule has 1 aromatic carbocycles. The first kappa shape index (κ1) is 15.3. The number of nitrogens with zero attached hydrogens (tertiary/aromatic N) is 2. The fraction of sp³-hybridized carbons (Fsp3) is 0.385. The first-order valence-electron chi connectivity index (χ1n) is 6.16. The summed E-state index contributed by atoms with van der Waals surface area (Å²) in [6, 6.07) is 4.85. The quantitative estimate of drug-likeness (QED) is 0.646. The largest absolute Gasteiger partial charge is 0.398 e. The van der Waals surface area contributed by atoms with Crippen LogP contribution in [0, 0.1) is 12.3 Å². The summed E-state index contributed by atoms with van der Waals surface area (Å²) >= 11 is 3.27. The Morgan fingerprint density at radius 2 is 1.95 bits per heavy atom. The molecule has 2 rings (SSSR count). The van der Waals surface area contributed by atoms with E-state index < -0.39 is 10.0 Å². The van der Waals surface area contributed by atoms with Gasteiger partial charge in [0, 0.05) is 30.7 Å². The lowest BCUT2D eigenvalue weighted by Gasteiger charge is -2.33. The summed E-state index contributed by atoms with van der Waals surface area (Å²) in [5, 5.41) is 0. The minimum Gasteiger partial charge on any atom is -0.398 e. The third-order valence-corrected chi connectivity index (χ3v) is 5.69. The number of terminal acetylenes is 1. The SMILES string of the molecule is C#CCN1CCN(S(=O)(=O)c2cc(Br)ccc2N)CC1.